The Bertz CT molecular complexity index is 1490. The summed E-state index contributed by atoms with van der Waals surface area (Å²) in [6.07, 6.45) is 66.7. The summed E-state index contributed by atoms with van der Waals surface area (Å²) in [7, 11) is 5.51. The molecule has 0 aliphatic rings. The summed E-state index contributed by atoms with van der Waals surface area (Å²) in [5, 5.41) is 9.66. The molecular formula is C58H94NO7+. The first kappa shape index (κ1) is 61.7. The normalized spacial score (nSPS) is 13.9. The summed E-state index contributed by atoms with van der Waals surface area (Å²) in [6.45, 7) is 4.45. The van der Waals surface area contributed by atoms with E-state index in [0.29, 0.717) is 19.3 Å². The van der Waals surface area contributed by atoms with Gasteiger partial charge in [-0.1, -0.05) is 174 Å². The van der Waals surface area contributed by atoms with Crippen LogP contribution in [0.1, 0.15) is 174 Å². The number of esters is 2. The fourth-order valence-electron chi connectivity index (χ4n) is 6.73. The quantitative estimate of drug-likeness (QED) is 0.0281. The van der Waals surface area contributed by atoms with Crippen LogP contribution in [0.5, 0.6) is 0 Å². The summed E-state index contributed by atoms with van der Waals surface area (Å²) in [5.41, 5.74) is 0. The van der Waals surface area contributed by atoms with E-state index in [1.54, 1.807) is 0 Å². The number of aliphatic carboxylic acids is 1. The molecule has 0 bridgehead atoms. The summed E-state index contributed by atoms with van der Waals surface area (Å²) in [6, 6.07) is -0.630. The van der Waals surface area contributed by atoms with Crippen molar-refractivity contribution in [1.29, 1.82) is 0 Å². The van der Waals surface area contributed by atoms with Crippen molar-refractivity contribution in [2.75, 3.05) is 41.0 Å². The van der Waals surface area contributed by atoms with Crippen molar-refractivity contribution in [3.8, 4) is 0 Å². The van der Waals surface area contributed by atoms with Gasteiger partial charge in [0.15, 0.2) is 12.1 Å². The van der Waals surface area contributed by atoms with Gasteiger partial charge in [0, 0.05) is 19.3 Å². The van der Waals surface area contributed by atoms with Gasteiger partial charge in [0.2, 0.25) is 0 Å². The second-order valence-corrected chi connectivity index (χ2v) is 17.7. The van der Waals surface area contributed by atoms with Crippen LogP contribution in [0.2, 0.25) is 0 Å². The number of carboxylic acid groups (broad SMARTS) is 1. The van der Waals surface area contributed by atoms with E-state index >= 15 is 0 Å². The third kappa shape index (κ3) is 44.9. The number of hydrogen-bond acceptors (Lipinski definition) is 6. The van der Waals surface area contributed by atoms with Gasteiger partial charge in [-0.05, 0) is 103 Å². The number of nitrogens with zero attached hydrogens (tertiary/aromatic N) is 1. The minimum Gasteiger partial charge on any atom is -0.477 e. The molecule has 0 aromatic heterocycles. The van der Waals surface area contributed by atoms with E-state index in [9.17, 15) is 19.5 Å². The third-order valence-corrected chi connectivity index (χ3v) is 10.6. The number of ether oxygens (including phenoxy) is 3. The topological polar surface area (TPSA) is 99.1 Å². The number of hydrogen-bond donors (Lipinski definition) is 1. The molecule has 0 spiro atoms. The largest absolute Gasteiger partial charge is 0.477 e. The van der Waals surface area contributed by atoms with Gasteiger partial charge in [-0.15, -0.1) is 0 Å². The Kier molecular flexibility index (Phi) is 44.2. The lowest BCUT2D eigenvalue weighted by atomic mass is 10.1. The number of carbonyl (C=O) groups is 3. The molecule has 2 unspecified atom stereocenters. The molecule has 0 aromatic carbocycles. The number of carboxylic acids is 1. The zero-order valence-electron chi connectivity index (χ0n) is 42.3. The molecule has 0 rings (SSSR count). The first-order valence-electron chi connectivity index (χ1n) is 25.6. The van der Waals surface area contributed by atoms with Crippen LogP contribution >= 0.6 is 0 Å². The van der Waals surface area contributed by atoms with Crippen LogP contribution in [-0.2, 0) is 28.6 Å². The molecule has 0 saturated heterocycles. The third-order valence-electron chi connectivity index (χ3n) is 10.6. The molecule has 0 aromatic rings. The lowest BCUT2D eigenvalue weighted by Crippen LogP contribution is -2.50. The number of quaternary nitrogens is 1. The SMILES string of the molecule is CC/C=C/C/C=C/C/C=C/C/C=C/C/C=C/C/C=C/CCCCCCC(=O)OCC(COCCC(C(=O)O)[N+](C)(C)C)OC(=O)CCCCCCCC/C=C/C/C=C/C/C=C/C/C=C/CC. The molecule has 8 nitrogen and oxygen atoms in total. The highest BCUT2D eigenvalue weighted by molar-refractivity contribution is 5.72. The molecule has 0 radical (unpaired) electrons. The van der Waals surface area contributed by atoms with Crippen LogP contribution in [-0.4, -0.2) is 80.6 Å². The fraction of sp³-hybridized carbons (Fsp3) is 0.603. The molecule has 372 valence electrons. The van der Waals surface area contributed by atoms with Crippen molar-refractivity contribution in [1.82, 2.24) is 0 Å². The number of carbonyl (C=O) groups excluding carboxylic acids is 2. The van der Waals surface area contributed by atoms with E-state index in [1.165, 1.54) is 12.8 Å². The van der Waals surface area contributed by atoms with Gasteiger partial charge in [-0.25, -0.2) is 4.79 Å². The lowest BCUT2D eigenvalue weighted by Gasteiger charge is -2.31. The Morgan fingerprint density at radius 3 is 1.18 bits per heavy atom. The van der Waals surface area contributed by atoms with Crippen LogP contribution in [0.25, 0.3) is 0 Å². The summed E-state index contributed by atoms with van der Waals surface area (Å²) in [5.74, 6) is -1.53. The minimum atomic E-state index is -0.887. The first-order valence-corrected chi connectivity index (χ1v) is 25.6. The molecule has 0 heterocycles. The standard InChI is InChI=1S/C58H93NO7/c1-6-8-10-12-14-16-18-20-22-24-26-27-28-29-31-32-34-36-38-40-42-44-46-48-56(60)65-53-54(52-64-51-50-55(58(62)63)59(3,4)5)66-57(61)49-47-45-43-41-39-37-35-33-30-25-23-21-19-17-15-13-11-9-7-2/h8-11,14-17,20-23,26-27,29-31,33-34,36,54-55H,6-7,12-13,18-19,24-25,28,32,35,37-53H2,1-5H3/p+1/b10-8+,11-9+,16-14+,17-15+,22-20+,23-21+,27-26+,31-29+,33-30+,36-34+. The maximum atomic E-state index is 12.8. The lowest BCUT2D eigenvalue weighted by molar-refractivity contribution is -0.887. The Balaban J connectivity index is 4.36. The Labute approximate surface area is 403 Å². The number of rotatable bonds is 44. The zero-order chi connectivity index (χ0) is 48.4. The highest BCUT2D eigenvalue weighted by Crippen LogP contribution is 2.13. The highest BCUT2D eigenvalue weighted by atomic mass is 16.6. The molecule has 0 fully saturated rings. The van der Waals surface area contributed by atoms with Crippen molar-refractivity contribution in [2.24, 2.45) is 0 Å². The Morgan fingerprint density at radius 2 is 0.803 bits per heavy atom. The van der Waals surface area contributed by atoms with Crippen LogP contribution in [0.4, 0.5) is 0 Å². The van der Waals surface area contributed by atoms with E-state index in [4.69, 9.17) is 14.2 Å². The van der Waals surface area contributed by atoms with Crippen molar-refractivity contribution < 1.29 is 38.2 Å². The minimum absolute atomic E-state index is 0.0381. The average Bonchev–Trinajstić information content (AvgIpc) is 3.28. The molecule has 2 atom stereocenters. The Hall–Kier alpha value is -4.27. The van der Waals surface area contributed by atoms with E-state index in [-0.39, 0.29) is 36.2 Å². The van der Waals surface area contributed by atoms with E-state index in [0.717, 1.165) is 128 Å². The number of unbranched alkanes of at least 4 members (excludes halogenated alkanes) is 10. The van der Waals surface area contributed by atoms with Crippen LogP contribution in [0.15, 0.2) is 122 Å². The van der Waals surface area contributed by atoms with E-state index in [2.05, 4.69) is 135 Å². The van der Waals surface area contributed by atoms with Gasteiger partial charge in [0.25, 0.3) is 0 Å². The van der Waals surface area contributed by atoms with Crippen LogP contribution < -0.4 is 0 Å². The summed E-state index contributed by atoms with van der Waals surface area (Å²) < 4.78 is 17.3. The Morgan fingerprint density at radius 1 is 0.455 bits per heavy atom. The van der Waals surface area contributed by atoms with Crippen molar-refractivity contribution in [3.05, 3.63) is 122 Å². The van der Waals surface area contributed by atoms with Crippen molar-refractivity contribution in [2.45, 2.75) is 187 Å². The second-order valence-electron chi connectivity index (χ2n) is 17.7. The summed E-state index contributed by atoms with van der Waals surface area (Å²) in [4.78, 5) is 37.2. The van der Waals surface area contributed by atoms with E-state index in [1.807, 2.05) is 21.1 Å². The zero-order valence-corrected chi connectivity index (χ0v) is 42.3. The average molecular weight is 917 g/mol. The van der Waals surface area contributed by atoms with Gasteiger partial charge in [0.1, 0.15) is 6.61 Å². The van der Waals surface area contributed by atoms with Crippen molar-refractivity contribution >= 4 is 17.9 Å². The first-order chi connectivity index (χ1) is 32.1. The maximum absolute atomic E-state index is 12.8. The number of likely N-dealkylation sites (N-methyl/N-ethyl adjacent to an activating group) is 1. The number of allylic oxidation sites excluding steroid dienone is 20. The molecule has 8 heteroatoms. The maximum Gasteiger partial charge on any atom is 0.362 e. The van der Waals surface area contributed by atoms with Gasteiger partial charge in [0.05, 0.1) is 34.4 Å². The van der Waals surface area contributed by atoms with Gasteiger partial charge < -0.3 is 23.8 Å². The van der Waals surface area contributed by atoms with Crippen LogP contribution in [0.3, 0.4) is 0 Å². The summed E-state index contributed by atoms with van der Waals surface area (Å²) >= 11 is 0. The smallest absolute Gasteiger partial charge is 0.362 e. The van der Waals surface area contributed by atoms with Gasteiger partial charge in [-0.3, -0.25) is 9.59 Å². The molecule has 0 amide bonds. The van der Waals surface area contributed by atoms with Gasteiger partial charge >= 0.3 is 17.9 Å². The fourth-order valence-corrected chi connectivity index (χ4v) is 6.73. The van der Waals surface area contributed by atoms with Crippen molar-refractivity contribution in [3.63, 3.8) is 0 Å². The highest BCUT2D eigenvalue weighted by Gasteiger charge is 2.31. The molecule has 66 heavy (non-hydrogen) atoms. The second kappa shape index (κ2) is 47.2. The molecule has 0 aliphatic carbocycles. The van der Waals surface area contributed by atoms with E-state index < -0.39 is 18.1 Å². The molecule has 0 aliphatic heterocycles. The molecule has 0 saturated carbocycles. The monoisotopic (exact) mass is 917 g/mol. The predicted octanol–water partition coefficient (Wildman–Crippen LogP) is 15.0. The molecule has 1 N–H and O–H groups in total. The molecular weight excluding hydrogens is 823 g/mol. The van der Waals surface area contributed by atoms with Gasteiger partial charge in [-0.2, -0.15) is 0 Å². The van der Waals surface area contributed by atoms with Crippen LogP contribution in [0, 0.1) is 0 Å². The predicted molar refractivity (Wildman–Crippen MR) is 279 cm³/mol.